The molecule has 5 nitrogen and oxygen atoms in total. The van der Waals surface area contributed by atoms with Crippen molar-refractivity contribution in [1.82, 2.24) is 0 Å². The summed E-state index contributed by atoms with van der Waals surface area (Å²) < 4.78 is 11.1. The van der Waals surface area contributed by atoms with E-state index in [0.29, 0.717) is 29.4 Å². The minimum Gasteiger partial charge on any atom is -0.493 e. The largest absolute Gasteiger partial charge is 0.493 e. The van der Waals surface area contributed by atoms with E-state index in [0.717, 1.165) is 18.4 Å². The fourth-order valence-corrected chi connectivity index (χ4v) is 2.46. The predicted molar refractivity (Wildman–Crippen MR) is 108 cm³/mol. The summed E-state index contributed by atoms with van der Waals surface area (Å²) in [5, 5.41) is 2.67. The lowest BCUT2D eigenvalue weighted by molar-refractivity contribution is -0.114. The summed E-state index contributed by atoms with van der Waals surface area (Å²) >= 11 is 0. The zero-order valence-electron chi connectivity index (χ0n) is 16.0. The summed E-state index contributed by atoms with van der Waals surface area (Å²) in [7, 11) is 1.59. The molecular weight excluding hydrogens is 342 g/mol. The van der Waals surface area contributed by atoms with Crippen molar-refractivity contribution < 1.29 is 19.1 Å². The molecule has 0 radical (unpaired) electrons. The summed E-state index contributed by atoms with van der Waals surface area (Å²) in [6, 6.07) is 12.4. The molecular formula is C22H25NO4. The van der Waals surface area contributed by atoms with E-state index in [1.807, 2.05) is 18.2 Å². The molecule has 27 heavy (non-hydrogen) atoms. The van der Waals surface area contributed by atoms with Crippen molar-refractivity contribution in [1.29, 1.82) is 0 Å². The second-order valence-corrected chi connectivity index (χ2v) is 6.07. The van der Waals surface area contributed by atoms with Crippen LogP contribution in [0.1, 0.15) is 42.6 Å². The Morgan fingerprint density at radius 3 is 2.63 bits per heavy atom. The SMILES string of the molecule is CCCCOc1ccc(/C=C/C(=O)c2cccc(NC(C)=O)c2)cc1OC. The first-order chi connectivity index (χ1) is 13.0. The van der Waals surface area contributed by atoms with Crippen LogP contribution in [0.5, 0.6) is 11.5 Å². The number of carbonyl (C=O) groups excluding carboxylic acids is 2. The normalized spacial score (nSPS) is 10.6. The minimum atomic E-state index is -0.177. The first kappa shape index (κ1) is 20.2. The molecule has 0 bridgehead atoms. The van der Waals surface area contributed by atoms with Crippen molar-refractivity contribution >= 4 is 23.5 Å². The van der Waals surface area contributed by atoms with Gasteiger partial charge in [0.05, 0.1) is 13.7 Å². The lowest BCUT2D eigenvalue weighted by atomic mass is 10.1. The van der Waals surface area contributed by atoms with Crippen LogP contribution in [0.3, 0.4) is 0 Å². The molecule has 0 saturated heterocycles. The van der Waals surface area contributed by atoms with Gasteiger partial charge in [0.2, 0.25) is 5.91 Å². The Balaban J connectivity index is 2.10. The molecule has 0 saturated carbocycles. The number of amides is 1. The van der Waals surface area contributed by atoms with Gasteiger partial charge in [0.1, 0.15) is 0 Å². The van der Waals surface area contributed by atoms with Crippen LogP contribution in [0.15, 0.2) is 48.5 Å². The lowest BCUT2D eigenvalue weighted by Gasteiger charge is -2.10. The molecule has 2 aromatic carbocycles. The van der Waals surface area contributed by atoms with Gasteiger partial charge in [-0.15, -0.1) is 0 Å². The average molecular weight is 367 g/mol. The van der Waals surface area contributed by atoms with E-state index in [2.05, 4.69) is 12.2 Å². The number of benzene rings is 2. The molecule has 1 N–H and O–H groups in total. The highest BCUT2D eigenvalue weighted by atomic mass is 16.5. The molecule has 0 heterocycles. The van der Waals surface area contributed by atoms with E-state index in [4.69, 9.17) is 9.47 Å². The van der Waals surface area contributed by atoms with E-state index in [-0.39, 0.29) is 11.7 Å². The van der Waals surface area contributed by atoms with E-state index in [1.165, 1.54) is 13.0 Å². The number of anilines is 1. The standard InChI is InChI=1S/C22H25NO4/c1-4-5-13-27-21-12-10-17(14-22(21)26-3)9-11-20(25)18-7-6-8-19(15-18)23-16(2)24/h6-12,14-15H,4-5,13H2,1-3H3,(H,23,24)/b11-9+. The number of ether oxygens (including phenoxy) is 2. The molecule has 0 atom stereocenters. The maximum atomic E-state index is 12.4. The van der Waals surface area contributed by atoms with Gasteiger partial charge in [-0.1, -0.05) is 37.6 Å². The number of rotatable bonds is 9. The van der Waals surface area contributed by atoms with Crippen molar-refractivity contribution in [3.8, 4) is 11.5 Å². The third-order valence-electron chi connectivity index (χ3n) is 3.84. The van der Waals surface area contributed by atoms with Gasteiger partial charge in [-0.2, -0.15) is 0 Å². The number of methoxy groups -OCH3 is 1. The predicted octanol–water partition coefficient (Wildman–Crippen LogP) is 4.73. The fourth-order valence-electron chi connectivity index (χ4n) is 2.46. The lowest BCUT2D eigenvalue weighted by Crippen LogP contribution is -2.06. The van der Waals surface area contributed by atoms with E-state index >= 15 is 0 Å². The topological polar surface area (TPSA) is 64.6 Å². The number of hydrogen-bond donors (Lipinski definition) is 1. The van der Waals surface area contributed by atoms with Crippen LogP contribution in [0.25, 0.3) is 6.08 Å². The number of ketones is 1. The van der Waals surface area contributed by atoms with Gasteiger partial charge >= 0.3 is 0 Å². The first-order valence-electron chi connectivity index (χ1n) is 8.94. The quantitative estimate of drug-likeness (QED) is 0.395. The maximum Gasteiger partial charge on any atom is 0.221 e. The molecule has 1 amide bonds. The van der Waals surface area contributed by atoms with Crippen molar-refractivity contribution in [3.63, 3.8) is 0 Å². The molecule has 5 heteroatoms. The van der Waals surface area contributed by atoms with Crippen molar-refractivity contribution in [2.24, 2.45) is 0 Å². The molecule has 0 aliphatic heterocycles. The fraction of sp³-hybridized carbons (Fsp3) is 0.273. The van der Waals surface area contributed by atoms with Crippen molar-refractivity contribution in [2.45, 2.75) is 26.7 Å². The zero-order chi connectivity index (χ0) is 19.6. The molecule has 2 aromatic rings. The first-order valence-corrected chi connectivity index (χ1v) is 8.94. The highest BCUT2D eigenvalue weighted by Gasteiger charge is 2.06. The van der Waals surface area contributed by atoms with Gasteiger partial charge < -0.3 is 14.8 Å². The Morgan fingerprint density at radius 1 is 1.11 bits per heavy atom. The molecule has 142 valence electrons. The maximum absolute atomic E-state index is 12.4. The molecule has 0 fully saturated rings. The summed E-state index contributed by atoms with van der Waals surface area (Å²) in [5.74, 6) is 0.999. The monoisotopic (exact) mass is 367 g/mol. The van der Waals surface area contributed by atoms with Crippen LogP contribution in [0.2, 0.25) is 0 Å². The van der Waals surface area contributed by atoms with Gasteiger partial charge in [-0.3, -0.25) is 9.59 Å². The molecule has 0 aromatic heterocycles. The van der Waals surface area contributed by atoms with Gasteiger partial charge in [-0.25, -0.2) is 0 Å². The second kappa shape index (κ2) is 10.2. The van der Waals surface area contributed by atoms with Crippen LogP contribution in [-0.4, -0.2) is 25.4 Å². The summed E-state index contributed by atoms with van der Waals surface area (Å²) in [6.45, 7) is 4.18. The third-order valence-corrected chi connectivity index (χ3v) is 3.84. The van der Waals surface area contributed by atoms with Crippen LogP contribution < -0.4 is 14.8 Å². The van der Waals surface area contributed by atoms with E-state index < -0.39 is 0 Å². The second-order valence-electron chi connectivity index (χ2n) is 6.07. The molecule has 0 unspecified atom stereocenters. The molecule has 0 aliphatic rings. The van der Waals surface area contributed by atoms with E-state index in [1.54, 1.807) is 37.5 Å². The number of carbonyl (C=O) groups is 2. The number of nitrogens with one attached hydrogen (secondary N) is 1. The van der Waals surface area contributed by atoms with Gasteiger partial charge in [0, 0.05) is 18.2 Å². The smallest absolute Gasteiger partial charge is 0.221 e. The number of allylic oxidation sites excluding steroid dienone is 1. The van der Waals surface area contributed by atoms with Crippen LogP contribution in [-0.2, 0) is 4.79 Å². The molecule has 2 rings (SSSR count). The Kier molecular flexibility index (Phi) is 7.62. The third kappa shape index (κ3) is 6.29. The van der Waals surface area contributed by atoms with Crippen LogP contribution in [0, 0.1) is 0 Å². The highest BCUT2D eigenvalue weighted by Crippen LogP contribution is 2.28. The number of hydrogen-bond acceptors (Lipinski definition) is 4. The summed E-state index contributed by atoms with van der Waals surface area (Å²) in [4.78, 5) is 23.5. The Bertz CT molecular complexity index is 827. The molecule has 0 aliphatic carbocycles. The average Bonchev–Trinajstić information content (AvgIpc) is 2.66. The number of unbranched alkanes of at least 4 members (excludes halogenated alkanes) is 1. The van der Waals surface area contributed by atoms with Gasteiger partial charge in [0.25, 0.3) is 0 Å². The van der Waals surface area contributed by atoms with E-state index in [9.17, 15) is 9.59 Å². The van der Waals surface area contributed by atoms with Crippen molar-refractivity contribution in [2.75, 3.05) is 19.0 Å². The summed E-state index contributed by atoms with van der Waals surface area (Å²) in [6.07, 6.45) is 5.27. The van der Waals surface area contributed by atoms with Crippen LogP contribution >= 0.6 is 0 Å². The zero-order valence-corrected chi connectivity index (χ0v) is 16.0. The highest BCUT2D eigenvalue weighted by molar-refractivity contribution is 6.07. The van der Waals surface area contributed by atoms with Crippen LogP contribution in [0.4, 0.5) is 5.69 Å². The molecule has 0 spiro atoms. The Labute approximate surface area is 160 Å². The van der Waals surface area contributed by atoms with Crippen molar-refractivity contribution in [3.05, 3.63) is 59.7 Å². The Hall–Kier alpha value is -3.08. The minimum absolute atomic E-state index is 0.149. The Morgan fingerprint density at radius 2 is 1.93 bits per heavy atom. The summed E-state index contributed by atoms with van der Waals surface area (Å²) in [5.41, 5.74) is 1.93. The van der Waals surface area contributed by atoms with Gasteiger partial charge in [-0.05, 0) is 42.3 Å². The van der Waals surface area contributed by atoms with Gasteiger partial charge in [0.15, 0.2) is 17.3 Å².